The number of nitrogens with zero attached hydrogens (tertiary/aromatic N) is 7. The van der Waals surface area contributed by atoms with Gasteiger partial charge in [-0.3, -0.25) is 0 Å². The predicted molar refractivity (Wildman–Crippen MR) is 92.1 cm³/mol. The SMILES string of the molecule is Cc1nc(N)cc(-c2c(Nc3ccn(C(=O)O)n3)nc3cccnn23)n1. The number of anilines is 3. The maximum Gasteiger partial charge on any atom is 0.432 e. The van der Waals surface area contributed by atoms with E-state index in [0.29, 0.717) is 40.3 Å². The van der Waals surface area contributed by atoms with Crippen LogP contribution >= 0.6 is 0 Å². The van der Waals surface area contributed by atoms with Gasteiger partial charge in [-0.05, 0) is 19.1 Å². The molecule has 4 aromatic rings. The number of rotatable bonds is 3. The van der Waals surface area contributed by atoms with Gasteiger partial charge in [0, 0.05) is 24.5 Å². The summed E-state index contributed by atoms with van der Waals surface area (Å²) in [4.78, 5) is 24.0. The second-order valence-corrected chi connectivity index (χ2v) is 5.38. The summed E-state index contributed by atoms with van der Waals surface area (Å²) in [6, 6.07) is 6.69. The van der Waals surface area contributed by atoms with E-state index in [0.717, 1.165) is 4.68 Å². The Labute approximate surface area is 146 Å². The van der Waals surface area contributed by atoms with Gasteiger partial charge < -0.3 is 16.2 Å². The Hall–Kier alpha value is -4.02. The number of carbonyl (C=O) groups is 1. The number of hydrogen-bond acceptors (Lipinski definition) is 8. The number of nitrogen functional groups attached to an aromatic ring is 1. The monoisotopic (exact) mass is 351 g/mol. The highest BCUT2D eigenvalue weighted by Gasteiger charge is 2.18. The maximum atomic E-state index is 11.0. The molecule has 130 valence electrons. The van der Waals surface area contributed by atoms with E-state index >= 15 is 0 Å². The summed E-state index contributed by atoms with van der Waals surface area (Å²) in [5, 5.41) is 20.2. The van der Waals surface area contributed by atoms with Gasteiger partial charge in [0.1, 0.15) is 17.3 Å². The molecule has 0 aromatic carbocycles. The quantitative estimate of drug-likeness (QED) is 0.499. The van der Waals surface area contributed by atoms with E-state index in [2.05, 4.69) is 30.5 Å². The molecule has 11 heteroatoms. The Balaban J connectivity index is 1.87. The van der Waals surface area contributed by atoms with Gasteiger partial charge in [0.05, 0.1) is 5.69 Å². The van der Waals surface area contributed by atoms with Crippen LogP contribution in [0.1, 0.15) is 5.82 Å². The summed E-state index contributed by atoms with van der Waals surface area (Å²) >= 11 is 0. The van der Waals surface area contributed by atoms with Gasteiger partial charge in [-0.25, -0.2) is 24.3 Å². The summed E-state index contributed by atoms with van der Waals surface area (Å²) in [5.74, 6) is 1.55. The molecular weight excluding hydrogens is 338 g/mol. The number of nitrogens with two attached hydrogens (primary N) is 1. The molecular formula is C15H13N9O2. The molecule has 0 amide bonds. The lowest BCUT2D eigenvalue weighted by Crippen LogP contribution is -2.08. The molecule has 11 nitrogen and oxygen atoms in total. The first kappa shape index (κ1) is 15.5. The normalized spacial score (nSPS) is 11.0. The van der Waals surface area contributed by atoms with Crippen molar-refractivity contribution in [2.75, 3.05) is 11.1 Å². The Morgan fingerprint density at radius 1 is 1.27 bits per heavy atom. The fraction of sp³-hybridized carbons (Fsp3) is 0.0667. The molecule has 0 aliphatic carbocycles. The van der Waals surface area contributed by atoms with Crippen molar-refractivity contribution in [1.82, 2.24) is 34.3 Å². The lowest BCUT2D eigenvalue weighted by Gasteiger charge is -2.06. The lowest BCUT2D eigenvalue weighted by molar-refractivity contribution is 0.192. The lowest BCUT2D eigenvalue weighted by atomic mass is 10.3. The number of hydrogen-bond donors (Lipinski definition) is 3. The minimum absolute atomic E-state index is 0.316. The molecule has 4 N–H and O–H groups in total. The summed E-state index contributed by atoms with van der Waals surface area (Å²) in [6.45, 7) is 1.73. The average molecular weight is 351 g/mol. The van der Waals surface area contributed by atoms with Crippen LogP contribution in [0.4, 0.5) is 22.2 Å². The van der Waals surface area contributed by atoms with Crippen LogP contribution in [-0.2, 0) is 0 Å². The highest BCUT2D eigenvalue weighted by molar-refractivity contribution is 5.78. The first-order valence-electron chi connectivity index (χ1n) is 7.52. The van der Waals surface area contributed by atoms with Crippen molar-refractivity contribution in [2.24, 2.45) is 0 Å². The molecule has 0 bridgehead atoms. The molecule has 0 saturated carbocycles. The van der Waals surface area contributed by atoms with Crippen LogP contribution in [0.15, 0.2) is 36.7 Å². The molecule has 4 rings (SSSR count). The Morgan fingerprint density at radius 2 is 2.12 bits per heavy atom. The molecule has 0 fully saturated rings. The van der Waals surface area contributed by atoms with Gasteiger partial charge in [0.25, 0.3) is 0 Å². The van der Waals surface area contributed by atoms with Crippen LogP contribution < -0.4 is 11.1 Å². The van der Waals surface area contributed by atoms with Crippen LogP contribution in [0.25, 0.3) is 17.0 Å². The third-order valence-electron chi connectivity index (χ3n) is 3.52. The fourth-order valence-electron chi connectivity index (χ4n) is 2.54. The number of nitrogens with one attached hydrogen (secondary N) is 1. The second-order valence-electron chi connectivity index (χ2n) is 5.38. The summed E-state index contributed by atoms with van der Waals surface area (Å²) < 4.78 is 2.40. The Bertz CT molecular complexity index is 1110. The summed E-state index contributed by atoms with van der Waals surface area (Å²) in [5.41, 5.74) is 7.51. The van der Waals surface area contributed by atoms with E-state index in [-0.39, 0.29) is 0 Å². The zero-order valence-corrected chi connectivity index (χ0v) is 13.5. The van der Waals surface area contributed by atoms with Gasteiger partial charge >= 0.3 is 6.09 Å². The third-order valence-corrected chi connectivity index (χ3v) is 3.52. The van der Waals surface area contributed by atoms with E-state index in [1.54, 1.807) is 35.8 Å². The van der Waals surface area contributed by atoms with Crippen LogP contribution in [0.2, 0.25) is 0 Å². The van der Waals surface area contributed by atoms with E-state index in [1.165, 1.54) is 12.3 Å². The van der Waals surface area contributed by atoms with Crippen molar-refractivity contribution in [3.63, 3.8) is 0 Å². The number of aryl methyl sites for hydroxylation is 1. The van der Waals surface area contributed by atoms with Crippen molar-refractivity contribution in [2.45, 2.75) is 6.92 Å². The largest absolute Gasteiger partial charge is 0.463 e. The maximum absolute atomic E-state index is 11.0. The standard InChI is InChI=1S/C15H13N9O2/c1-8-18-9(7-10(16)19-8)13-14(21-12-3-2-5-17-24(12)13)20-11-4-6-23(22-11)15(25)26/h2-7H,1H3,(H,20,22)(H,25,26)(H2,16,18,19). The Morgan fingerprint density at radius 3 is 2.85 bits per heavy atom. The molecule has 0 saturated heterocycles. The number of imidazole rings is 1. The Kier molecular flexibility index (Phi) is 3.46. The first-order chi connectivity index (χ1) is 12.5. The van der Waals surface area contributed by atoms with Crippen molar-refractivity contribution in [3.8, 4) is 11.4 Å². The van der Waals surface area contributed by atoms with Crippen molar-refractivity contribution in [1.29, 1.82) is 0 Å². The predicted octanol–water partition coefficient (Wildman–Crippen LogP) is 1.54. The minimum atomic E-state index is -1.19. The molecule has 0 spiro atoms. The van der Waals surface area contributed by atoms with E-state index in [1.807, 2.05) is 0 Å². The third kappa shape index (κ3) is 2.66. The topological polar surface area (TPSA) is 149 Å². The van der Waals surface area contributed by atoms with Crippen molar-refractivity contribution < 1.29 is 9.90 Å². The van der Waals surface area contributed by atoms with E-state index in [9.17, 15) is 4.79 Å². The highest BCUT2D eigenvalue weighted by atomic mass is 16.4. The van der Waals surface area contributed by atoms with Crippen molar-refractivity contribution in [3.05, 3.63) is 42.5 Å². The smallest absolute Gasteiger partial charge is 0.432 e. The van der Waals surface area contributed by atoms with E-state index in [4.69, 9.17) is 10.8 Å². The van der Waals surface area contributed by atoms with Gasteiger partial charge in [-0.1, -0.05) is 0 Å². The number of carboxylic acid groups (broad SMARTS) is 1. The zero-order valence-electron chi connectivity index (χ0n) is 13.5. The van der Waals surface area contributed by atoms with Gasteiger partial charge in [-0.15, -0.1) is 5.10 Å². The van der Waals surface area contributed by atoms with Crippen molar-refractivity contribution >= 4 is 29.2 Å². The fourth-order valence-corrected chi connectivity index (χ4v) is 2.54. The molecule has 0 unspecified atom stereocenters. The summed E-state index contributed by atoms with van der Waals surface area (Å²) in [6.07, 6.45) is 1.76. The highest BCUT2D eigenvalue weighted by Crippen LogP contribution is 2.29. The van der Waals surface area contributed by atoms with Crippen LogP contribution in [0.3, 0.4) is 0 Å². The molecule has 26 heavy (non-hydrogen) atoms. The molecule has 0 radical (unpaired) electrons. The van der Waals surface area contributed by atoms with Gasteiger partial charge in [0.2, 0.25) is 0 Å². The van der Waals surface area contributed by atoms with E-state index < -0.39 is 6.09 Å². The molecule has 4 aromatic heterocycles. The zero-order chi connectivity index (χ0) is 18.3. The molecule has 4 heterocycles. The molecule has 0 atom stereocenters. The molecule has 0 aliphatic heterocycles. The van der Waals surface area contributed by atoms with Gasteiger partial charge in [-0.2, -0.15) is 9.78 Å². The molecule has 0 aliphatic rings. The number of fused-ring (bicyclic) bond motifs is 1. The summed E-state index contributed by atoms with van der Waals surface area (Å²) in [7, 11) is 0. The van der Waals surface area contributed by atoms with Crippen LogP contribution in [-0.4, -0.2) is 45.5 Å². The second kappa shape index (κ2) is 5.81. The van der Waals surface area contributed by atoms with Crippen LogP contribution in [0.5, 0.6) is 0 Å². The average Bonchev–Trinajstić information content (AvgIpc) is 3.18. The number of aromatic nitrogens is 7. The van der Waals surface area contributed by atoms with Gasteiger partial charge in [0.15, 0.2) is 17.3 Å². The first-order valence-corrected chi connectivity index (χ1v) is 7.52. The van der Waals surface area contributed by atoms with Crippen LogP contribution in [0, 0.1) is 6.92 Å². The minimum Gasteiger partial charge on any atom is -0.463 e.